The summed E-state index contributed by atoms with van der Waals surface area (Å²) in [5.74, 6) is -0.687. The normalized spacial score (nSPS) is 14.0. The van der Waals surface area contributed by atoms with Crippen LogP contribution in [0, 0.1) is 0 Å². The smallest absolute Gasteiger partial charge is 0.306 e. The third-order valence-electron chi connectivity index (χ3n) is 8.23. The maximum Gasteiger partial charge on any atom is 0.306 e. The summed E-state index contributed by atoms with van der Waals surface area (Å²) in [6.45, 7) is 13.0. The second-order valence-electron chi connectivity index (χ2n) is 15.7. The second-order valence-corrected chi connectivity index (χ2v) is 17.9. The van der Waals surface area contributed by atoms with Crippen LogP contribution < -0.4 is 19.6 Å². The highest BCUT2D eigenvalue weighted by Crippen LogP contribution is 2.32. The fourth-order valence-corrected chi connectivity index (χ4v) is 7.75. The molecule has 17 heteroatoms. The molecule has 0 saturated carbocycles. The van der Waals surface area contributed by atoms with Crippen LogP contribution in [0.1, 0.15) is 124 Å². The first-order chi connectivity index (χ1) is 28.2. The largest absolute Gasteiger partial charge is 0.550 e. The molecule has 0 radical (unpaired) electrons. The van der Waals surface area contributed by atoms with Crippen LogP contribution in [0.3, 0.4) is 0 Å². The Morgan fingerprint density at radius 3 is 1.88 bits per heavy atom. The van der Waals surface area contributed by atoms with Crippen LogP contribution in [0.5, 0.6) is 11.5 Å². The number of aromatic amines is 1. The molecule has 330 valence electrons. The zero-order chi connectivity index (χ0) is 44.6. The zero-order valence-corrected chi connectivity index (χ0v) is 37.6. The van der Waals surface area contributed by atoms with Gasteiger partial charge in [-0.3, -0.25) is 19.2 Å². The van der Waals surface area contributed by atoms with Gasteiger partial charge in [-0.15, -0.1) is 22.7 Å². The number of aliphatic carboxylic acids is 1. The Morgan fingerprint density at radius 2 is 1.37 bits per heavy atom. The molecule has 0 bridgehead atoms. The monoisotopic (exact) mass is 874 g/mol. The van der Waals surface area contributed by atoms with Crippen molar-refractivity contribution in [3.05, 3.63) is 45.4 Å². The van der Waals surface area contributed by atoms with Gasteiger partial charge in [-0.05, 0) is 73.8 Å². The van der Waals surface area contributed by atoms with E-state index < -0.39 is 17.2 Å². The maximum atomic E-state index is 12.6. The molecule has 5 heterocycles. The van der Waals surface area contributed by atoms with Crippen molar-refractivity contribution in [2.75, 3.05) is 34.0 Å². The number of aliphatic hydroxyl groups excluding tert-OH is 1. The summed E-state index contributed by atoms with van der Waals surface area (Å²) in [6.07, 6.45) is 4.37. The van der Waals surface area contributed by atoms with Gasteiger partial charge in [0, 0.05) is 50.0 Å². The van der Waals surface area contributed by atoms with E-state index in [-0.39, 0.29) is 62.1 Å². The minimum Gasteiger partial charge on any atom is -0.550 e. The van der Waals surface area contributed by atoms with Crippen molar-refractivity contribution >= 4 is 72.6 Å². The van der Waals surface area contributed by atoms with Crippen LogP contribution >= 0.6 is 22.7 Å². The standard InChI is InChI=1S/C23H31NO6S.C18H23NO5S.C2H4O2/c1-23(2,3)30-21(26)9-8-17(25)20-13-16-19(31-20)14-18(27-4)15(24-16)10-12-29-22-7-5-6-11-28-22;1-18(2,3)24-17(22)6-5-13(21)16-9-12-15(25-16)10-14(23-4)11(19-12)7-8-20;1-2(3)4/h13-14,22H,5-12H2,1-4H3;9-10,20H,5-8H2,1-4H3;1H3,(H,3,4). The van der Waals surface area contributed by atoms with Crippen LogP contribution in [-0.4, -0.2) is 91.1 Å². The Labute approximate surface area is 358 Å². The van der Waals surface area contributed by atoms with E-state index in [0.717, 1.165) is 64.6 Å². The van der Waals surface area contributed by atoms with Gasteiger partial charge in [0.15, 0.2) is 23.6 Å². The zero-order valence-electron chi connectivity index (χ0n) is 36.0. The number of esters is 2. The highest BCUT2D eigenvalue weighted by Gasteiger charge is 2.23. The molecule has 0 aliphatic carbocycles. The van der Waals surface area contributed by atoms with Crippen LogP contribution in [0.15, 0.2) is 24.3 Å². The second kappa shape index (κ2) is 23.4. The summed E-state index contributed by atoms with van der Waals surface area (Å²) < 4.78 is 34.5. The Kier molecular flexibility index (Phi) is 19.5. The number of carbonyl (C=O) groups is 5. The molecule has 60 heavy (non-hydrogen) atoms. The van der Waals surface area contributed by atoms with Crippen LogP contribution in [0.4, 0.5) is 0 Å². The number of H-pyrrole nitrogens is 1. The van der Waals surface area contributed by atoms with Gasteiger partial charge in [0.1, 0.15) is 21.7 Å². The summed E-state index contributed by atoms with van der Waals surface area (Å²) in [6, 6.07) is 7.32. The van der Waals surface area contributed by atoms with Gasteiger partial charge in [-0.25, -0.2) is 9.97 Å². The summed E-state index contributed by atoms with van der Waals surface area (Å²) in [7, 11) is 3.17. The predicted molar refractivity (Wildman–Crippen MR) is 225 cm³/mol. The van der Waals surface area contributed by atoms with Crippen molar-refractivity contribution in [2.24, 2.45) is 0 Å². The third-order valence-corrected chi connectivity index (χ3v) is 10.5. The molecule has 2 N–H and O–H groups in total. The number of nitrogens with zero attached hydrogens (tertiary/aromatic N) is 1. The molecule has 1 aliphatic heterocycles. The first-order valence-electron chi connectivity index (χ1n) is 19.7. The number of carbonyl (C=O) groups excluding carboxylic acids is 5. The van der Waals surface area contributed by atoms with Gasteiger partial charge >= 0.3 is 11.9 Å². The Balaban J connectivity index is 0.000000300. The molecule has 1 unspecified atom stereocenters. The summed E-state index contributed by atoms with van der Waals surface area (Å²) in [5, 5.41) is 18.0. The molecule has 4 aromatic rings. The highest BCUT2D eigenvalue weighted by atomic mass is 32.1. The number of fused-ring (bicyclic) bond motifs is 2. The van der Waals surface area contributed by atoms with Crippen molar-refractivity contribution in [1.29, 1.82) is 0 Å². The van der Waals surface area contributed by atoms with E-state index >= 15 is 0 Å². The van der Waals surface area contributed by atoms with Crippen molar-refractivity contribution in [3.8, 4) is 11.5 Å². The van der Waals surface area contributed by atoms with Crippen LogP contribution in [0.2, 0.25) is 0 Å². The lowest BCUT2D eigenvalue weighted by Gasteiger charge is -2.22. The fraction of sp³-hybridized carbons (Fsp3) is 0.558. The number of pyridine rings is 2. The quantitative estimate of drug-likeness (QED) is 0.101. The topological polar surface area (TPSA) is 211 Å². The number of Topliss-reactive ketones (excluding diaryl/α,β-unsaturated/α-hetero) is 2. The molecule has 1 aliphatic rings. The Hall–Kier alpha value is -4.55. The van der Waals surface area contributed by atoms with Gasteiger partial charge in [-0.1, -0.05) is 0 Å². The first kappa shape index (κ1) is 49.8. The molecular weight excluding hydrogens is 817 g/mol. The van der Waals surface area contributed by atoms with E-state index in [1.807, 2.05) is 32.9 Å². The third kappa shape index (κ3) is 17.2. The number of ketones is 2. The van der Waals surface area contributed by atoms with Crippen molar-refractivity contribution in [1.82, 2.24) is 4.98 Å². The summed E-state index contributed by atoms with van der Waals surface area (Å²) in [4.78, 5) is 66.5. The first-order valence-corrected chi connectivity index (χ1v) is 21.4. The number of hydrogen-bond acceptors (Lipinski definition) is 16. The van der Waals surface area contributed by atoms with Gasteiger partial charge in [-0.2, -0.15) is 0 Å². The number of ether oxygens (including phenoxy) is 6. The lowest BCUT2D eigenvalue weighted by molar-refractivity contribution is -0.359. The predicted octanol–water partition coefficient (Wildman–Crippen LogP) is 6.01. The number of aliphatic hydroxyl groups is 1. The summed E-state index contributed by atoms with van der Waals surface area (Å²) in [5.41, 5.74) is 2.03. The number of carboxylic acids is 1. The SMILES string of the molecule is CC(=O)[O-].COc1cc2sc(C(=O)CCC(=O)OC(C)(C)C)cc2[nH+]c1CCO.COc1cc2sc(C(=O)CCC(=O)OC(C)(C)C)cc2nc1CCOC1CCCCO1. The minimum atomic E-state index is -1.08. The number of thiophene rings is 2. The Bertz CT molecular complexity index is 2070. The number of methoxy groups -OCH3 is 2. The number of hydrogen-bond donors (Lipinski definition) is 1. The average Bonchev–Trinajstić information content (AvgIpc) is 3.78. The van der Waals surface area contributed by atoms with E-state index in [1.165, 1.54) is 22.7 Å². The number of rotatable bonds is 16. The van der Waals surface area contributed by atoms with E-state index in [1.54, 1.807) is 47.1 Å². The number of carboxylic acid groups (broad SMARTS) is 1. The molecule has 0 spiro atoms. The van der Waals surface area contributed by atoms with E-state index in [9.17, 15) is 19.2 Å². The molecule has 0 amide bonds. The molecular formula is C43H58N2O13S2. The van der Waals surface area contributed by atoms with Gasteiger partial charge < -0.3 is 43.4 Å². The molecule has 1 saturated heterocycles. The molecule has 1 fully saturated rings. The van der Waals surface area contributed by atoms with Crippen molar-refractivity contribution in [2.45, 2.75) is 124 Å². The van der Waals surface area contributed by atoms with Crippen molar-refractivity contribution in [3.63, 3.8) is 0 Å². The Morgan fingerprint density at radius 1 is 0.817 bits per heavy atom. The van der Waals surface area contributed by atoms with Gasteiger partial charge in [0.05, 0.1) is 72.4 Å². The molecule has 0 aromatic carbocycles. The van der Waals surface area contributed by atoms with Crippen LogP contribution in [0.25, 0.3) is 20.4 Å². The van der Waals surface area contributed by atoms with Gasteiger partial charge in [0.2, 0.25) is 11.2 Å². The van der Waals surface area contributed by atoms with Crippen molar-refractivity contribution < 1.29 is 67.6 Å². The fourth-order valence-electron chi connectivity index (χ4n) is 5.73. The van der Waals surface area contributed by atoms with E-state index in [4.69, 9.17) is 48.4 Å². The molecule has 1 atom stereocenters. The maximum absolute atomic E-state index is 12.6. The molecule has 4 aromatic heterocycles. The lowest BCUT2D eigenvalue weighted by Crippen LogP contribution is -2.24. The average molecular weight is 875 g/mol. The van der Waals surface area contributed by atoms with E-state index in [0.29, 0.717) is 40.7 Å². The van der Waals surface area contributed by atoms with Crippen LogP contribution in [-0.2, 0) is 46.2 Å². The molecule has 15 nitrogen and oxygen atoms in total. The van der Waals surface area contributed by atoms with Gasteiger partial charge in [0.25, 0.3) is 0 Å². The molecule has 5 rings (SSSR count). The highest BCUT2D eigenvalue weighted by molar-refractivity contribution is 7.21. The number of nitrogens with one attached hydrogen (secondary N) is 1. The lowest BCUT2D eigenvalue weighted by atomic mass is 10.1. The number of aromatic nitrogens is 2. The minimum absolute atomic E-state index is 0.00415. The summed E-state index contributed by atoms with van der Waals surface area (Å²) >= 11 is 2.71. The van der Waals surface area contributed by atoms with E-state index in [2.05, 4.69) is 4.98 Å².